The van der Waals surface area contributed by atoms with Crippen molar-refractivity contribution >= 4 is 11.6 Å². The Labute approximate surface area is 204 Å². The summed E-state index contributed by atoms with van der Waals surface area (Å²) in [7, 11) is 0. The Bertz CT molecular complexity index is 1130. The maximum Gasteiger partial charge on any atom is 0.178 e. The third-order valence-electron chi connectivity index (χ3n) is 11.8. The predicted octanol–water partition coefficient (Wildman–Crippen LogP) is 6.34. The van der Waals surface area contributed by atoms with Crippen molar-refractivity contribution in [2.75, 3.05) is 0 Å². The Morgan fingerprint density at radius 2 is 1.68 bits per heavy atom. The molecule has 4 heteroatoms. The Balaban J connectivity index is 1.70. The highest BCUT2D eigenvalue weighted by Gasteiger charge is 2.69. The first-order valence-electron chi connectivity index (χ1n) is 13.2. The van der Waals surface area contributed by atoms with Gasteiger partial charge in [-0.2, -0.15) is 10.5 Å². The van der Waals surface area contributed by atoms with Crippen molar-refractivity contribution in [3.8, 4) is 12.1 Å². The molecule has 4 nitrogen and oxygen atoms in total. The first kappa shape index (κ1) is 23.5. The van der Waals surface area contributed by atoms with Gasteiger partial charge in [0.2, 0.25) is 0 Å². The van der Waals surface area contributed by atoms with Gasteiger partial charge in [0.15, 0.2) is 11.6 Å². The van der Waals surface area contributed by atoms with E-state index >= 15 is 0 Å². The van der Waals surface area contributed by atoms with Gasteiger partial charge in [-0.1, -0.05) is 53.2 Å². The van der Waals surface area contributed by atoms with Crippen LogP contribution in [0.4, 0.5) is 0 Å². The highest BCUT2D eigenvalue weighted by Crippen LogP contribution is 2.73. The molecular formula is C30H38N2O2. The highest BCUT2D eigenvalue weighted by atomic mass is 16.1. The number of nitrogens with zero attached hydrogens (tertiary/aromatic N) is 2. The second-order valence-corrected chi connectivity index (χ2v) is 13.5. The summed E-state index contributed by atoms with van der Waals surface area (Å²) in [6.45, 7) is 13.0. The van der Waals surface area contributed by atoms with Crippen molar-refractivity contribution in [2.24, 2.45) is 50.7 Å². The second kappa shape index (κ2) is 6.94. The summed E-state index contributed by atoms with van der Waals surface area (Å²) in [5.41, 5.74) is -0.573. The molecule has 0 amide bonds. The second-order valence-electron chi connectivity index (χ2n) is 13.5. The molecule has 5 aliphatic rings. The first-order chi connectivity index (χ1) is 15.8. The molecule has 0 aliphatic heterocycles. The van der Waals surface area contributed by atoms with E-state index in [0.717, 1.165) is 50.5 Å². The summed E-state index contributed by atoms with van der Waals surface area (Å²) in [6.07, 6.45) is 10.4. The van der Waals surface area contributed by atoms with E-state index in [9.17, 15) is 20.1 Å². The lowest BCUT2D eigenvalue weighted by atomic mass is 9.34. The largest absolute Gasteiger partial charge is 0.295 e. The normalized spacial score (nSPS) is 49.2. The van der Waals surface area contributed by atoms with Crippen molar-refractivity contribution in [2.45, 2.75) is 86.5 Å². The van der Waals surface area contributed by atoms with Crippen LogP contribution in [0.1, 0.15) is 86.5 Å². The first-order valence-corrected chi connectivity index (χ1v) is 13.2. The smallest absolute Gasteiger partial charge is 0.178 e. The lowest BCUT2D eigenvalue weighted by Crippen LogP contribution is -2.64. The standard InChI is InChI=1S/C30H38N2O2/c1-18-7-10-30(17-32)12-11-29(6)24(20(30)13-18)21(33)14-23-27(4)15-19(16-31)25(34)26(2,3)22(27)8-9-28(23,29)5/h14-15,18,20,22,24H,7-13H2,1-6H3/t18-,20?,22-,24?,27-,28+,29+,30+/m0/s1. The molecule has 0 saturated heterocycles. The van der Waals surface area contributed by atoms with Crippen molar-refractivity contribution < 1.29 is 9.59 Å². The third kappa shape index (κ3) is 2.58. The van der Waals surface area contributed by atoms with Crippen molar-refractivity contribution in [3.63, 3.8) is 0 Å². The van der Waals surface area contributed by atoms with Gasteiger partial charge in [0.25, 0.3) is 0 Å². The quantitative estimate of drug-likeness (QED) is 0.424. The third-order valence-corrected chi connectivity index (χ3v) is 11.8. The summed E-state index contributed by atoms with van der Waals surface area (Å²) in [6, 6.07) is 4.89. The summed E-state index contributed by atoms with van der Waals surface area (Å²) in [4.78, 5) is 27.2. The maximum absolute atomic E-state index is 14.1. The molecule has 5 rings (SSSR count). The van der Waals surface area contributed by atoms with Crippen LogP contribution >= 0.6 is 0 Å². The van der Waals surface area contributed by atoms with Crippen LogP contribution in [-0.4, -0.2) is 11.6 Å². The number of Topliss-reactive ketones (excluding diaryl/α,β-unsaturated/α-hetero) is 1. The van der Waals surface area contributed by atoms with Gasteiger partial charge in [-0.25, -0.2) is 0 Å². The monoisotopic (exact) mass is 458 g/mol. The molecule has 2 unspecified atom stereocenters. The molecule has 0 heterocycles. The fourth-order valence-electron chi connectivity index (χ4n) is 9.67. The van der Waals surface area contributed by atoms with Gasteiger partial charge in [-0.3, -0.25) is 9.59 Å². The van der Waals surface area contributed by atoms with Gasteiger partial charge in [0, 0.05) is 16.7 Å². The number of hydrogen-bond acceptors (Lipinski definition) is 4. The molecule has 0 radical (unpaired) electrons. The molecule has 5 aliphatic carbocycles. The van der Waals surface area contributed by atoms with Crippen LogP contribution in [0, 0.1) is 73.4 Å². The van der Waals surface area contributed by atoms with Gasteiger partial charge in [0.05, 0.1) is 17.1 Å². The Kier molecular flexibility index (Phi) is 4.80. The molecule has 0 N–H and O–H groups in total. The number of fused-ring (bicyclic) bond motifs is 7. The molecular weight excluding hydrogens is 420 g/mol. The van der Waals surface area contributed by atoms with E-state index in [2.05, 4.69) is 39.8 Å². The van der Waals surface area contributed by atoms with Crippen molar-refractivity contribution in [1.82, 2.24) is 0 Å². The van der Waals surface area contributed by atoms with Gasteiger partial charge >= 0.3 is 0 Å². The average molecular weight is 459 g/mol. The lowest BCUT2D eigenvalue weighted by molar-refractivity contribution is -0.159. The predicted molar refractivity (Wildman–Crippen MR) is 130 cm³/mol. The minimum atomic E-state index is -0.640. The van der Waals surface area contributed by atoms with Crippen LogP contribution in [0.2, 0.25) is 0 Å². The van der Waals surface area contributed by atoms with Gasteiger partial charge < -0.3 is 0 Å². The molecule has 3 fully saturated rings. The maximum atomic E-state index is 14.1. The summed E-state index contributed by atoms with van der Waals surface area (Å²) in [5.74, 6) is 0.697. The molecule has 8 atom stereocenters. The van der Waals surface area contributed by atoms with E-state index < -0.39 is 10.8 Å². The van der Waals surface area contributed by atoms with Crippen molar-refractivity contribution in [1.29, 1.82) is 10.5 Å². The summed E-state index contributed by atoms with van der Waals surface area (Å²) < 4.78 is 0. The molecule has 0 aromatic carbocycles. The number of hydrogen-bond donors (Lipinski definition) is 0. The Morgan fingerprint density at radius 3 is 2.32 bits per heavy atom. The number of carbonyl (C=O) groups is 2. The van der Waals surface area contributed by atoms with Crippen molar-refractivity contribution in [3.05, 3.63) is 23.3 Å². The molecule has 34 heavy (non-hydrogen) atoms. The summed E-state index contributed by atoms with van der Waals surface area (Å²) in [5, 5.41) is 20.1. The van der Waals surface area contributed by atoms with E-state index in [0.29, 0.717) is 5.92 Å². The zero-order chi connectivity index (χ0) is 24.9. The zero-order valence-corrected chi connectivity index (χ0v) is 21.6. The topological polar surface area (TPSA) is 81.7 Å². The van der Waals surface area contributed by atoms with E-state index in [-0.39, 0.29) is 51.1 Å². The Morgan fingerprint density at radius 1 is 0.971 bits per heavy atom. The minimum Gasteiger partial charge on any atom is -0.295 e. The fraction of sp³-hybridized carbons (Fsp3) is 0.733. The van der Waals surface area contributed by atoms with Gasteiger partial charge in [0.1, 0.15) is 6.07 Å². The molecule has 3 saturated carbocycles. The van der Waals surface area contributed by atoms with Crippen LogP contribution in [0.25, 0.3) is 0 Å². The van der Waals surface area contributed by atoms with Crippen LogP contribution in [0.3, 0.4) is 0 Å². The van der Waals surface area contributed by atoms with E-state index in [1.54, 1.807) is 0 Å². The molecule has 0 aromatic rings. The number of carbonyl (C=O) groups excluding carboxylic acids is 2. The van der Waals surface area contributed by atoms with Crippen LogP contribution in [-0.2, 0) is 9.59 Å². The summed E-state index contributed by atoms with van der Waals surface area (Å²) >= 11 is 0. The van der Waals surface area contributed by atoms with E-state index in [1.165, 1.54) is 0 Å². The SMILES string of the molecule is C[C@H]1CC[C@]2(C#N)CC[C@]3(C)C(C(=O)C=C4[C@@]5(C)C=C(C#N)C(=O)C(C)(C)[C@@H]5CC[C@]43C)C2C1. The lowest BCUT2D eigenvalue weighted by Gasteiger charge is -2.68. The van der Waals surface area contributed by atoms with Crippen LogP contribution < -0.4 is 0 Å². The minimum absolute atomic E-state index is 0.0633. The molecule has 0 aromatic heterocycles. The molecule has 180 valence electrons. The number of ketones is 2. The zero-order valence-electron chi connectivity index (χ0n) is 21.6. The number of rotatable bonds is 0. The fourth-order valence-corrected chi connectivity index (χ4v) is 9.67. The van der Waals surface area contributed by atoms with Crippen LogP contribution in [0.5, 0.6) is 0 Å². The number of nitriles is 2. The highest BCUT2D eigenvalue weighted by molar-refractivity contribution is 6.04. The van der Waals surface area contributed by atoms with Crippen LogP contribution in [0.15, 0.2) is 23.3 Å². The number of allylic oxidation sites excluding steroid dienone is 4. The Hall–Kier alpha value is -2.20. The van der Waals surface area contributed by atoms with Gasteiger partial charge in [-0.15, -0.1) is 0 Å². The molecule has 0 bridgehead atoms. The van der Waals surface area contributed by atoms with Gasteiger partial charge in [-0.05, 0) is 79.6 Å². The average Bonchev–Trinajstić information content (AvgIpc) is 2.78. The van der Waals surface area contributed by atoms with E-state index in [1.807, 2.05) is 26.0 Å². The van der Waals surface area contributed by atoms with E-state index in [4.69, 9.17) is 0 Å². The molecule has 0 spiro atoms.